The van der Waals surface area contributed by atoms with E-state index in [0.717, 1.165) is 30.5 Å². The number of aliphatic hydroxyl groups is 4. The molecule has 0 fully saturated rings. The number of carbonyl (C=O) groups excluding carboxylic acids is 17. The van der Waals surface area contributed by atoms with Gasteiger partial charge < -0.3 is 83.8 Å². The Balaban J connectivity index is 1.46. The Morgan fingerprint density at radius 3 is 1.47 bits per heavy atom. The van der Waals surface area contributed by atoms with E-state index in [4.69, 9.17) is 17.3 Å². The minimum absolute atomic E-state index is 0.0377. The van der Waals surface area contributed by atoms with Crippen molar-refractivity contribution >= 4 is 141 Å². The van der Waals surface area contributed by atoms with Crippen LogP contribution in [0.4, 0.5) is 0 Å². The number of aliphatic carboxylic acids is 3. The van der Waals surface area contributed by atoms with Crippen molar-refractivity contribution in [3.63, 3.8) is 0 Å². The summed E-state index contributed by atoms with van der Waals surface area (Å²) in [5, 5.41) is 101. The number of fused-ring (bicyclic) bond motifs is 1. The smallest absolute Gasteiger partial charge is 0.304 e. The third-order valence-electron chi connectivity index (χ3n) is 22.8. The van der Waals surface area contributed by atoms with Crippen molar-refractivity contribution in [3.05, 3.63) is 100 Å². The fraction of sp³-hybridized carbons (Fsp3) is 0.591. The Hall–Kier alpha value is -10.9. The summed E-state index contributed by atoms with van der Waals surface area (Å²) < 4.78 is 0. The van der Waals surface area contributed by atoms with Gasteiger partial charge in [-0.15, -0.1) is 11.8 Å². The van der Waals surface area contributed by atoms with Crippen molar-refractivity contribution < 1.29 is 137 Å². The molecular weight excluding hydrogens is 1760 g/mol. The maximum absolute atomic E-state index is 14.8. The van der Waals surface area contributed by atoms with Crippen LogP contribution in [0.2, 0.25) is 5.02 Å². The number of carboxylic acid groups (broad SMARTS) is 3. The van der Waals surface area contributed by atoms with Crippen LogP contribution < -0.4 is 43.0 Å². The number of phenolic OH excluding ortho intramolecular Hbond substituents is 1. The van der Waals surface area contributed by atoms with E-state index in [1.807, 2.05) is 0 Å². The standard InChI is InChI=1S/C93H130ClN9O28S/c1-10-52(6)84(79(116)39-59(34-57-24-27-63(108)28-25-57)87(125)98-71(32-50(2)3)75(112)37-60(41-81(119)120)86(124)97-53(7)18-14-15-30-95)102-89(127)62(46-104)40-76(113)72(33-51(4)5)99-88(126)61(42-82(121)122)38-77(114)74(47-105)101-91(129)69(55(9)107)44-78(115)73(35-56-19-12-11-13-20-56)100-90(128)68(54(8)106)43-65(110)45-96-85(123)58(26-29-80(117)118)36-66(111)49-132-48-64(109)21-17-31-103-92(130)67-22-16-23-70(94)83(67)93(103)131/h11-13,16,19-20,22-25,27-28,50-55,58-62,68-69,71-74,84,104-108H,10,14-15,17-18,21,26,29-49,95H2,1-9H3,(H,96,123)(H,97,124)(H,98,125)(H,99,126)(H,100,128)(H,101,129)(H,102,127)(H,117,118)(H,119,120)(H,121,122)/t52-,53+,54+,55+,58+,59+,60-,61-,62-,68-,69-,71-,72-,73-,74-,84-/m0/s1. The summed E-state index contributed by atoms with van der Waals surface area (Å²) in [4.78, 5) is 273. The van der Waals surface area contributed by atoms with Gasteiger partial charge in [0.2, 0.25) is 41.4 Å². The number of hydrogen-bond acceptors (Lipinski definition) is 27. The number of aromatic hydroxyl groups is 1. The number of carboxylic acids is 3. The molecular formula is C93H130ClN9O28S. The van der Waals surface area contributed by atoms with Crippen molar-refractivity contribution in [3.8, 4) is 5.75 Å². The average Bonchev–Trinajstić information content (AvgIpc) is 1.62. The predicted octanol–water partition coefficient (Wildman–Crippen LogP) is 4.11. The molecule has 16 atom stereocenters. The highest BCUT2D eigenvalue weighted by Crippen LogP contribution is 2.31. The number of imide groups is 1. The van der Waals surface area contributed by atoms with E-state index < -0.39 is 291 Å². The molecule has 0 aliphatic carbocycles. The number of halogens is 1. The van der Waals surface area contributed by atoms with E-state index in [2.05, 4.69) is 37.2 Å². The van der Waals surface area contributed by atoms with Crippen LogP contribution in [0.1, 0.15) is 216 Å². The fourth-order valence-corrected chi connectivity index (χ4v) is 16.2. The zero-order valence-electron chi connectivity index (χ0n) is 76.2. The van der Waals surface area contributed by atoms with Crippen molar-refractivity contribution in [1.29, 1.82) is 0 Å². The number of benzene rings is 3. The van der Waals surface area contributed by atoms with Gasteiger partial charge in [0.05, 0.1) is 126 Å². The lowest BCUT2D eigenvalue weighted by molar-refractivity contribution is -0.143. The molecule has 3 aromatic carbocycles. The van der Waals surface area contributed by atoms with Gasteiger partial charge in [-0.25, -0.2) is 0 Å². The molecule has 1 heterocycles. The Kier molecular flexibility index (Phi) is 49.4. The van der Waals surface area contributed by atoms with E-state index in [1.165, 1.54) is 42.5 Å². The minimum atomic E-state index is -1.96. The fourth-order valence-electron chi connectivity index (χ4n) is 15.1. The lowest BCUT2D eigenvalue weighted by atomic mass is 9.85. The van der Waals surface area contributed by atoms with Crippen LogP contribution in [0.15, 0.2) is 72.8 Å². The van der Waals surface area contributed by atoms with Gasteiger partial charge in [0, 0.05) is 82.2 Å². The van der Waals surface area contributed by atoms with Gasteiger partial charge in [-0.1, -0.05) is 115 Å². The summed E-state index contributed by atoms with van der Waals surface area (Å²) >= 11 is 7.05. The second-order valence-electron chi connectivity index (χ2n) is 34.9. The number of phenols is 1. The number of thioether (sulfide) groups is 1. The summed E-state index contributed by atoms with van der Waals surface area (Å²) in [6.45, 7) is 11.5. The number of ketones is 8. The number of unbranched alkanes of at least 4 members (excludes halogenated alkanes) is 1. The molecule has 0 radical (unpaired) electrons. The van der Waals surface area contributed by atoms with Gasteiger partial charge in [-0.2, -0.15) is 0 Å². The van der Waals surface area contributed by atoms with Crippen molar-refractivity contribution in [1.82, 2.24) is 42.1 Å². The van der Waals surface area contributed by atoms with Gasteiger partial charge in [-0.3, -0.25) is 101 Å². The third kappa shape index (κ3) is 39.1. The van der Waals surface area contributed by atoms with Crippen LogP contribution in [0.25, 0.3) is 0 Å². The topological polar surface area (TPSA) is 617 Å². The van der Waals surface area contributed by atoms with Crippen molar-refractivity contribution in [2.75, 3.05) is 44.4 Å². The molecule has 0 bridgehead atoms. The monoisotopic (exact) mass is 1890 g/mol. The van der Waals surface area contributed by atoms with Gasteiger partial charge in [-0.05, 0) is 132 Å². The highest BCUT2D eigenvalue weighted by atomic mass is 35.5. The number of Topliss-reactive ketones (excluding diaryl/α,β-unsaturated/α-hetero) is 8. The molecule has 0 aromatic heterocycles. The number of nitrogens with two attached hydrogens (primary N) is 1. The molecule has 17 N–H and O–H groups in total. The Labute approximate surface area is 776 Å². The summed E-state index contributed by atoms with van der Waals surface area (Å²) in [6.07, 6.45) is -9.57. The first-order valence-corrected chi connectivity index (χ1v) is 46.0. The summed E-state index contributed by atoms with van der Waals surface area (Å²) in [6, 6.07) is 10.0. The number of amides is 9. The second-order valence-corrected chi connectivity index (χ2v) is 36.3. The number of carbonyl (C=O) groups is 20. The van der Waals surface area contributed by atoms with Gasteiger partial charge >= 0.3 is 17.9 Å². The third-order valence-corrected chi connectivity index (χ3v) is 24.2. The number of nitrogens with one attached hydrogen (secondary N) is 7. The molecule has 1 aliphatic heterocycles. The molecule has 37 nitrogen and oxygen atoms in total. The average molecular weight is 1890 g/mol. The summed E-state index contributed by atoms with van der Waals surface area (Å²) in [5.41, 5.74) is 6.74. The first kappa shape index (κ1) is 113. The maximum Gasteiger partial charge on any atom is 0.304 e. The normalized spacial score (nSPS) is 15.5. The van der Waals surface area contributed by atoms with Gasteiger partial charge in [0.25, 0.3) is 11.8 Å². The first-order valence-electron chi connectivity index (χ1n) is 44.5. The zero-order valence-corrected chi connectivity index (χ0v) is 77.7. The van der Waals surface area contributed by atoms with Crippen LogP contribution >= 0.6 is 23.4 Å². The van der Waals surface area contributed by atoms with Crippen molar-refractivity contribution in [2.45, 2.75) is 246 Å². The molecule has 3 aromatic rings. The molecule has 728 valence electrons. The van der Waals surface area contributed by atoms with Crippen LogP contribution in [-0.2, 0) is 99.1 Å². The van der Waals surface area contributed by atoms with Crippen LogP contribution in [0, 0.1) is 59.2 Å². The summed E-state index contributed by atoms with van der Waals surface area (Å²) in [5.74, 6) is -31.0. The van der Waals surface area contributed by atoms with Crippen molar-refractivity contribution in [2.24, 2.45) is 64.9 Å². The number of aliphatic hydroxyl groups excluding tert-OH is 4. The SMILES string of the molecule is CC[C@H](C)[C@H](NC(=O)[C@H](CO)CC(=O)[C@H](CC(C)C)NC(=O)[C@H](CC(=O)O)CC(=O)[C@H](CO)NC(=O)[C@@H](CC(=O)[C@H](Cc1ccccc1)NC(=O)[C@@H](CC(=O)CNC(=O)[C@H](CCC(=O)O)CC(=O)CSCC(=O)CCCN1C(=O)c2cccc(Cl)c2C1=O)[C@@H](C)O)[C@@H](C)O)C(=O)C[C@@H](Cc1ccc(O)cc1)C(=O)N[C@@H](CC(C)C)C(=O)C[C@@H](CC(=O)O)C(=O)N[C@H](C)CCCCN. The predicted molar refractivity (Wildman–Crippen MR) is 483 cm³/mol. The molecule has 4 rings (SSSR count). The molecule has 9 amide bonds. The lowest BCUT2D eigenvalue weighted by Gasteiger charge is -2.29. The van der Waals surface area contributed by atoms with Crippen LogP contribution in [-0.4, -0.2) is 256 Å². The van der Waals surface area contributed by atoms with Crippen LogP contribution in [0.3, 0.4) is 0 Å². The largest absolute Gasteiger partial charge is 0.508 e. The Morgan fingerprint density at radius 2 is 0.947 bits per heavy atom. The van der Waals surface area contributed by atoms with E-state index in [1.54, 1.807) is 78.8 Å². The minimum Gasteiger partial charge on any atom is -0.508 e. The molecule has 0 saturated carbocycles. The van der Waals surface area contributed by atoms with Gasteiger partial charge in [0.1, 0.15) is 23.4 Å². The first-order chi connectivity index (χ1) is 62.2. The van der Waals surface area contributed by atoms with E-state index >= 15 is 0 Å². The molecule has 0 unspecified atom stereocenters. The second kappa shape index (κ2) is 57.5. The molecule has 0 saturated heterocycles. The maximum atomic E-state index is 14.8. The molecule has 132 heavy (non-hydrogen) atoms. The quantitative estimate of drug-likeness (QED) is 0.0279. The number of hydrogen-bond donors (Lipinski definition) is 16. The zero-order chi connectivity index (χ0) is 98.9. The lowest BCUT2D eigenvalue weighted by Crippen LogP contribution is -2.52. The van der Waals surface area contributed by atoms with Crippen LogP contribution in [0.5, 0.6) is 5.75 Å². The molecule has 0 spiro atoms. The highest BCUT2D eigenvalue weighted by Gasteiger charge is 2.42. The van der Waals surface area contributed by atoms with Gasteiger partial charge in [0.15, 0.2) is 34.7 Å². The Bertz CT molecular complexity index is 4510. The highest BCUT2D eigenvalue weighted by molar-refractivity contribution is 8.00. The summed E-state index contributed by atoms with van der Waals surface area (Å²) in [7, 11) is 0. The van der Waals surface area contributed by atoms with E-state index in [-0.39, 0.29) is 109 Å². The van der Waals surface area contributed by atoms with E-state index in [0.29, 0.717) is 36.9 Å². The molecule has 1 aliphatic rings. The van der Waals surface area contributed by atoms with E-state index in [9.17, 15) is 137 Å². The molecule has 39 heteroatoms. The number of nitrogens with zero attached hydrogens (tertiary/aromatic N) is 1. The Morgan fingerprint density at radius 1 is 0.447 bits per heavy atom. The number of rotatable bonds is 67.